The summed E-state index contributed by atoms with van der Waals surface area (Å²) in [4.78, 5) is 2.54. The average molecular weight is 264 g/mol. The lowest BCUT2D eigenvalue weighted by Crippen LogP contribution is -2.40. The van der Waals surface area contributed by atoms with Gasteiger partial charge in [-0.15, -0.1) is 0 Å². The second-order valence-corrected chi connectivity index (χ2v) is 6.08. The molecule has 0 atom stereocenters. The Morgan fingerprint density at radius 1 is 1.32 bits per heavy atom. The number of aryl methyl sites for hydroxylation is 1. The van der Waals surface area contributed by atoms with Crippen LogP contribution in [0.15, 0.2) is 18.2 Å². The molecular weight excluding hydrogens is 239 g/mol. The molecule has 2 rings (SSSR count). The van der Waals surface area contributed by atoms with Gasteiger partial charge in [0.2, 0.25) is 0 Å². The van der Waals surface area contributed by atoms with Gasteiger partial charge in [0.25, 0.3) is 0 Å². The molecule has 0 amide bonds. The van der Waals surface area contributed by atoms with Crippen LogP contribution in [-0.4, -0.2) is 30.6 Å². The van der Waals surface area contributed by atoms with E-state index in [0.29, 0.717) is 11.6 Å². The predicted octanol–water partition coefficient (Wildman–Crippen LogP) is 3.67. The highest BCUT2D eigenvalue weighted by Crippen LogP contribution is 2.19. The Balaban J connectivity index is 1.83. The van der Waals surface area contributed by atoms with Gasteiger partial charge in [-0.05, 0) is 49.4 Å². The van der Waals surface area contributed by atoms with Gasteiger partial charge in [-0.2, -0.15) is 0 Å². The Morgan fingerprint density at radius 3 is 2.58 bits per heavy atom. The third-order valence-electron chi connectivity index (χ3n) is 3.74. The van der Waals surface area contributed by atoms with Gasteiger partial charge >= 0.3 is 0 Å². The number of hydrogen-bond donors (Lipinski definition) is 1. The van der Waals surface area contributed by atoms with E-state index in [0.717, 1.165) is 24.7 Å². The number of halogens is 1. The van der Waals surface area contributed by atoms with E-state index < -0.39 is 0 Å². The molecule has 1 saturated heterocycles. The second kappa shape index (κ2) is 6.38. The number of nitrogens with one attached hydrogen (secondary N) is 1. The first-order valence-electron chi connectivity index (χ1n) is 7.29. The Kier molecular flexibility index (Phi) is 4.81. The first kappa shape index (κ1) is 14.3. The maximum absolute atomic E-state index is 13.2. The zero-order chi connectivity index (χ0) is 13.8. The van der Waals surface area contributed by atoms with Crippen molar-refractivity contribution in [1.82, 2.24) is 4.90 Å². The van der Waals surface area contributed by atoms with Crippen LogP contribution in [0.3, 0.4) is 0 Å². The fourth-order valence-electron chi connectivity index (χ4n) is 2.75. The Bertz CT molecular complexity index is 409. The predicted molar refractivity (Wildman–Crippen MR) is 79.1 cm³/mol. The van der Waals surface area contributed by atoms with E-state index in [9.17, 15) is 4.39 Å². The lowest BCUT2D eigenvalue weighted by Gasteiger charge is -2.33. The maximum Gasteiger partial charge on any atom is 0.126 e. The molecule has 3 heteroatoms. The third kappa shape index (κ3) is 4.20. The molecule has 1 aliphatic heterocycles. The normalized spacial score (nSPS) is 17.9. The smallest absolute Gasteiger partial charge is 0.126 e. The molecule has 1 aromatic rings. The Morgan fingerprint density at radius 2 is 2.00 bits per heavy atom. The number of rotatable bonds is 4. The van der Waals surface area contributed by atoms with Crippen molar-refractivity contribution >= 4 is 5.69 Å². The van der Waals surface area contributed by atoms with E-state index in [2.05, 4.69) is 24.1 Å². The number of likely N-dealkylation sites (tertiary alicyclic amines) is 1. The number of hydrogen-bond acceptors (Lipinski definition) is 2. The monoisotopic (exact) mass is 264 g/mol. The summed E-state index contributed by atoms with van der Waals surface area (Å²) in [6, 6.07) is 5.80. The van der Waals surface area contributed by atoms with Crippen LogP contribution >= 0.6 is 0 Å². The van der Waals surface area contributed by atoms with Crippen molar-refractivity contribution in [2.45, 2.75) is 39.7 Å². The lowest BCUT2D eigenvalue weighted by atomic mass is 10.0. The summed E-state index contributed by atoms with van der Waals surface area (Å²) in [5.41, 5.74) is 1.75. The van der Waals surface area contributed by atoms with Crippen molar-refractivity contribution in [3.05, 3.63) is 29.6 Å². The first-order chi connectivity index (χ1) is 9.04. The molecule has 0 aromatic heterocycles. The summed E-state index contributed by atoms with van der Waals surface area (Å²) in [6.07, 6.45) is 2.34. The number of nitrogens with zero attached hydrogens (tertiary/aromatic N) is 1. The molecule has 1 heterocycles. The van der Waals surface area contributed by atoms with E-state index in [4.69, 9.17) is 0 Å². The number of benzene rings is 1. The fraction of sp³-hybridized carbons (Fsp3) is 0.625. The topological polar surface area (TPSA) is 15.3 Å². The third-order valence-corrected chi connectivity index (χ3v) is 3.74. The highest BCUT2D eigenvalue weighted by Gasteiger charge is 2.19. The largest absolute Gasteiger partial charge is 0.382 e. The van der Waals surface area contributed by atoms with Crippen molar-refractivity contribution in [1.29, 1.82) is 0 Å². The molecule has 0 radical (unpaired) electrons. The molecule has 19 heavy (non-hydrogen) atoms. The minimum Gasteiger partial charge on any atom is -0.382 e. The van der Waals surface area contributed by atoms with Crippen molar-refractivity contribution in [3.8, 4) is 0 Å². The van der Waals surface area contributed by atoms with E-state index in [1.165, 1.54) is 19.4 Å². The van der Waals surface area contributed by atoms with E-state index in [1.54, 1.807) is 6.07 Å². The molecule has 0 saturated carbocycles. The van der Waals surface area contributed by atoms with Gasteiger partial charge in [-0.25, -0.2) is 4.39 Å². The highest BCUT2D eigenvalue weighted by atomic mass is 19.1. The summed E-state index contributed by atoms with van der Waals surface area (Å²) < 4.78 is 13.2. The van der Waals surface area contributed by atoms with Gasteiger partial charge in [0.1, 0.15) is 5.82 Å². The van der Waals surface area contributed by atoms with Crippen LogP contribution in [0.2, 0.25) is 0 Å². The molecule has 0 aliphatic carbocycles. The van der Waals surface area contributed by atoms with E-state index in [-0.39, 0.29) is 5.82 Å². The van der Waals surface area contributed by atoms with Crippen molar-refractivity contribution in [2.75, 3.05) is 25.0 Å². The van der Waals surface area contributed by atoms with Crippen molar-refractivity contribution in [3.63, 3.8) is 0 Å². The Labute approximate surface area is 116 Å². The highest BCUT2D eigenvalue weighted by molar-refractivity contribution is 5.46. The summed E-state index contributed by atoms with van der Waals surface area (Å²) in [5, 5.41) is 3.53. The van der Waals surface area contributed by atoms with Crippen LogP contribution in [0.25, 0.3) is 0 Å². The van der Waals surface area contributed by atoms with Crippen LogP contribution in [-0.2, 0) is 0 Å². The van der Waals surface area contributed by atoms with Crippen LogP contribution in [0.5, 0.6) is 0 Å². The average Bonchev–Trinajstić information content (AvgIpc) is 2.36. The fourth-order valence-corrected chi connectivity index (χ4v) is 2.75. The summed E-state index contributed by atoms with van der Waals surface area (Å²) >= 11 is 0. The summed E-state index contributed by atoms with van der Waals surface area (Å²) in [7, 11) is 0. The van der Waals surface area contributed by atoms with Crippen LogP contribution < -0.4 is 5.32 Å². The van der Waals surface area contributed by atoms with Crippen molar-refractivity contribution < 1.29 is 4.39 Å². The molecule has 1 N–H and O–H groups in total. The van der Waals surface area contributed by atoms with Gasteiger partial charge < -0.3 is 10.2 Å². The zero-order valence-corrected chi connectivity index (χ0v) is 12.2. The minimum atomic E-state index is -0.127. The van der Waals surface area contributed by atoms with E-state index >= 15 is 0 Å². The molecule has 0 unspecified atom stereocenters. The van der Waals surface area contributed by atoms with Crippen LogP contribution in [0.4, 0.5) is 10.1 Å². The molecule has 0 bridgehead atoms. The molecule has 1 fully saturated rings. The summed E-state index contributed by atoms with van der Waals surface area (Å²) in [6.45, 7) is 9.87. The second-order valence-electron chi connectivity index (χ2n) is 6.08. The minimum absolute atomic E-state index is 0.127. The molecule has 0 spiro atoms. The molecule has 1 aliphatic rings. The van der Waals surface area contributed by atoms with Crippen LogP contribution in [0.1, 0.15) is 32.3 Å². The lowest BCUT2D eigenvalue weighted by molar-refractivity contribution is 0.198. The molecule has 2 nitrogen and oxygen atoms in total. The van der Waals surface area contributed by atoms with Crippen LogP contribution in [0, 0.1) is 18.7 Å². The summed E-state index contributed by atoms with van der Waals surface area (Å²) in [5.74, 6) is 0.613. The Hall–Kier alpha value is -1.09. The quantitative estimate of drug-likeness (QED) is 0.892. The zero-order valence-electron chi connectivity index (χ0n) is 12.2. The maximum atomic E-state index is 13.2. The molecule has 1 aromatic carbocycles. The van der Waals surface area contributed by atoms with Gasteiger partial charge in [0.05, 0.1) is 0 Å². The molecular formula is C16H25FN2. The van der Waals surface area contributed by atoms with Gasteiger partial charge in [0.15, 0.2) is 0 Å². The van der Waals surface area contributed by atoms with E-state index in [1.807, 2.05) is 19.1 Å². The molecule has 106 valence electrons. The SMILES string of the molecule is Cc1cc(NC2CCN(CC(C)C)CC2)ccc1F. The van der Waals surface area contributed by atoms with Gasteiger partial charge in [-0.3, -0.25) is 0 Å². The first-order valence-corrected chi connectivity index (χ1v) is 7.29. The standard InChI is InChI=1S/C16H25FN2/c1-12(2)11-19-8-6-14(7-9-19)18-15-4-5-16(17)13(3)10-15/h4-5,10,12,14,18H,6-9,11H2,1-3H3. The van der Waals surface area contributed by atoms with Gasteiger partial charge in [-0.1, -0.05) is 13.8 Å². The number of piperidine rings is 1. The van der Waals surface area contributed by atoms with Gasteiger partial charge in [0, 0.05) is 31.4 Å². The number of anilines is 1. The van der Waals surface area contributed by atoms with Crippen molar-refractivity contribution in [2.24, 2.45) is 5.92 Å².